The number of hydrogen-bond acceptors (Lipinski definition) is 3. The Balaban J connectivity index is 3.02. The number of nitrogens with one attached hydrogen (secondary N) is 1. The number of amides is 1. The molecule has 1 amide bonds. The first-order valence-corrected chi connectivity index (χ1v) is 6.29. The van der Waals surface area contributed by atoms with Gasteiger partial charge in [-0.25, -0.2) is 4.98 Å². The summed E-state index contributed by atoms with van der Waals surface area (Å²) in [5.41, 5.74) is 0.781. The summed E-state index contributed by atoms with van der Waals surface area (Å²) in [6.45, 7) is 2.24. The second kappa shape index (κ2) is 6.58. The van der Waals surface area contributed by atoms with Crippen LogP contribution in [0.5, 0.6) is 0 Å². The molecule has 0 aliphatic rings. The van der Waals surface area contributed by atoms with Crippen LogP contribution < -0.4 is 5.32 Å². The molecule has 20 heavy (non-hydrogen) atoms. The molecule has 0 atom stereocenters. The van der Waals surface area contributed by atoms with Crippen LogP contribution in [-0.4, -0.2) is 42.1 Å². The van der Waals surface area contributed by atoms with Crippen LogP contribution in [0, 0.1) is 6.92 Å². The fourth-order valence-electron chi connectivity index (χ4n) is 1.84. The van der Waals surface area contributed by atoms with Crippen molar-refractivity contribution in [2.24, 2.45) is 0 Å². The molecule has 0 spiro atoms. The molecule has 0 saturated heterocycles. The van der Waals surface area contributed by atoms with Crippen molar-refractivity contribution >= 4 is 11.7 Å². The lowest BCUT2D eigenvalue weighted by atomic mass is 10.2. The second-order valence-corrected chi connectivity index (χ2v) is 4.47. The number of carbonyl (C=O) groups excluding carboxylic acids is 1. The summed E-state index contributed by atoms with van der Waals surface area (Å²) in [4.78, 5) is 17.1. The zero-order valence-electron chi connectivity index (χ0n) is 11.7. The lowest BCUT2D eigenvalue weighted by Gasteiger charge is -2.23. The highest BCUT2D eigenvalue weighted by atomic mass is 19.4. The van der Waals surface area contributed by atoms with Gasteiger partial charge < -0.3 is 10.2 Å². The van der Waals surface area contributed by atoms with Gasteiger partial charge in [-0.15, -0.1) is 0 Å². The molecule has 1 aromatic heterocycles. The number of pyridine rings is 1. The van der Waals surface area contributed by atoms with Crippen LogP contribution in [0.4, 0.5) is 19.0 Å². The Kier molecular flexibility index (Phi) is 5.35. The van der Waals surface area contributed by atoms with Gasteiger partial charge in [-0.2, -0.15) is 13.2 Å². The fourth-order valence-corrected chi connectivity index (χ4v) is 1.84. The van der Waals surface area contributed by atoms with Crippen molar-refractivity contribution in [1.29, 1.82) is 0 Å². The number of aryl methyl sites for hydroxylation is 1. The number of halogens is 3. The molecular weight excluding hydrogens is 271 g/mol. The topological polar surface area (TPSA) is 45.2 Å². The highest BCUT2D eigenvalue weighted by Crippen LogP contribution is 2.19. The Morgan fingerprint density at radius 2 is 2.05 bits per heavy atom. The summed E-state index contributed by atoms with van der Waals surface area (Å²) in [5.74, 6) is -0.178. The van der Waals surface area contributed by atoms with E-state index in [1.54, 1.807) is 20.9 Å². The zero-order valence-corrected chi connectivity index (χ0v) is 11.7. The van der Waals surface area contributed by atoms with Gasteiger partial charge in [-0.1, -0.05) is 6.92 Å². The molecule has 1 N–H and O–H groups in total. The Hall–Kier alpha value is -1.79. The molecule has 1 heterocycles. The average Bonchev–Trinajstić information content (AvgIpc) is 2.35. The van der Waals surface area contributed by atoms with Crippen LogP contribution in [0.25, 0.3) is 0 Å². The minimum absolute atomic E-state index is 0.0641. The monoisotopic (exact) mass is 289 g/mol. The van der Waals surface area contributed by atoms with E-state index < -0.39 is 18.6 Å². The van der Waals surface area contributed by atoms with Crippen LogP contribution >= 0.6 is 0 Å². The molecule has 0 aliphatic carbocycles. The van der Waals surface area contributed by atoms with E-state index in [1.807, 2.05) is 0 Å². The van der Waals surface area contributed by atoms with E-state index in [0.717, 1.165) is 4.90 Å². The van der Waals surface area contributed by atoms with Crippen molar-refractivity contribution in [3.05, 3.63) is 23.4 Å². The first kappa shape index (κ1) is 16.3. The SMILES string of the molecule is CCCN(CC(F)(F)F)C(=O)c1cc(C)nc(NC)c1. The Bertz CT molecular complexity index is 474. The van der Waals surface area contributed by atoms with E-state index in [4.69, 9.17) is 0 Å². The summed E-state index contributed by atoms with van der Waals surface area (Å²) in [5, 5.41) is 2.78. The number of rotatable bonds is 5. The minimum atomic E-state index is -4.40. The van der Waals surface area contributed by atoms with Crippen LogP contribution in [0.15, 0.2) is 12.1 Å². The van der Waals surface area contributed by atoms with E-state index in [1.165, 1.54) is 12.1 Å². The number of aromatic nitrogens is 1. The maximum atomic E-state index is 12.5. The van der Waals surface area contributed by atoms with Gasteiger partial charge in [0.15, 0.2) is 0 Å². The van der Waals surface area contributed by atoms with Crippen molar-refractivity contribution in [1.82, 2.24) is 9.88 Å². The Labute approximate surface area is 116 Å². The Morgan fingerprint density at radius 3 is 2.55 bits per heavy atom. The third-order valence-electron chi connectivity index (χ3n) is 2.61. The summed E-state index contributed by atoms with van der Waals surface area (Å²) in [6.07, 6.45) is -3.94. The minimum Gasteiger partial charge on any atom is -0.373 e. The van der Waals surface area contributed by atoms with Crippen molar-refractivity contribution in [2.75, 3.05) is 25.5 Å². The van der Waals surface area contributed by atoms with E-state index >= 15 is 0 Å². The fraction of sp³-hybridized carbons (Fsp3) is 0.538. The quantitative estimate of drug-likeness (QED) is 0.906. The summed E-state index contributed by atoms with van der Waals surface area (Å²) >= 11 is 0. The maximum Gasteiger partial charge on any atom is 0.406 e. The molecule has 7 heteroatoms. The van der Waals surface area contributed by atoms with Gasteiger partial charge in [0.2, 0.25) is 0 Å². The molecule has 0 radical (unpaired) electrons. The largest absolute Gasteiger partial charge is 0.406 e. The second-order valence-electron chi connectivity index (χ2n) is 4.47. The molecule has 112 valence electrons. The number of carbonyl (C=O) groups is 1. The predicted molar refractivity (Wildman–Crippen MR) is 70.8 cm³/mol. The standard InChI is InChI=1S/C13H18F3N3O/c1-4-5-19(8-13(14,15)16)12(20)10-6-9(2)18-11(7-10)17-3/h6-7H,4-5,8H2,1-3H3,(H,17,18). The third-order valence-corrected chi connectivity index (χ3v) is 2.61. The van der Waals surface area contributed by atoms with Gasteiger partial charge in [0.05, 0.1) is 0 Å². The molecule has 0 unspecified atom stereocenters. The van der Waals surface area contributed by atoms with E-state index in [9.17, 15) is 18.0 Å². The molecule has 0 aliphatic heterocycles. The van der Waals surface area contributed by atoms with Gasteiger partial charge >= 0.3 is 6.18 Å². The highest BCUT2D eigenvalue weighted by Gasteiger charge is 2.33. The maximum absolute atomic E-state index is 12.5. The first-order chi connectivity index (χ1) is 9.26. The summed E-state index contributed by atoms with van der Waals surface area (Å²) in [6, 6.07) is 2.94. The normalized spacial score (nSPS) is 11.3. The van der Waals surface area contributed by atoms with Crippen molar-refractivity contribution < 1.29 is 18.0 Å². The third kappa shape index (κ3) is 4.71. The van der Waals surface area contributed by atoms with Gasteiger partial charge in [-0.3, -0.25) is 4.79 Å². The van der Waals surface area contributed by atoms with E-state index in [-0.39, 0.29) is 12.1 Å². The van der Waals surface area contributed by atoms with E-state index in [0.29, 0.717) is 17.9 Å². The van der Waals surface area contributed by atoms with Gasteiger partial charge in [0.1, 0.15) is 12.4 Å². The number of nitrogens with zero attached hydrogens (tertiary/aromatic N) is 2. The summed E-state index contributed by atoms with van der Waals surface area (Å²) in [7, 11) is 1.63. The molecule has 4 nitrogen and oxygen atoms in total. The van der Waals surface area contributed by atoms with E-state index in [2.05, 4.69) is 10.3 Å². The van der Waals surface area contributed by atoms with Crippen molar-refractivity contribution in [3.8, 4) is 0 Å². The number of hydrogen-bond donors (Lipinski definition) is 1. The molecule has 0 aromatic carbocycles. The van der Waals surface area contributed by atoms with Gasteiger partial charge in [0, 0.05) is 24.8 Å². The predicted octanol–water partition coefficient (Wildman–Crippen LogP) is 2.85. The summed E-state index contributed by atoms with van der Waals surface area (Å²) < 4.78 is 37.5. The average molecular weight is 289 g/mol. The van der Waals surface area contributed by atoms with Crippen molar-refractivity contribution in [3.63, 3.8) is 0 Å². The van der Waals surface area contributed by atoms with Crippen LogP contribution in [0.1, 0.15) is 29.4 Å². The van der Waals surface area contributed by atoms with Gasteiger partial charge in [0.25, 0.3) is 5.91 Å². The number of alkyl halides is 3. The highest BCUT2D eigenvalue weighted by molar-refractivity contribution is 5.95. The molecule has 0 saturated carbocycles. The van der Waals surface area contributed by atoms with Crippen LogP contribution in [0.2, 0.25) is 0 Å². The lowest BCUT2D eigenvalue weighted by Crippen LogP contribution is -2.39. The van der Waals surface area contributed by atoms with Crippen LogP contribution in [-0.2, 0) is 0 Å². The van der Waals surface area contributed by atoms with Crippen LogP contribution in [0.3, 0.4) is 0 Å². The molecule has 1 rings (SSSR count). The lowest BCUT2D eigenvalue weighted by molar-refractivity contribution is -0.140. The Morgan fingerprint density at radius 1 is 1.40 bits per heavy atom. The van der Waals surface area contributed by atoms with Gasteiger partial charge in [-0.05, 0) is 25.5 Å². The first-order valence-electron chi connectivity index (χ1n) is 6.29. The molecular formula is C13H18F3N3O. The number of anilines is 1. The molecule has 0 fully saturated rings. The van der Waals surface area contributed by atoms with Crippen molar-refractivity contribution in [2.45, 2.75) is 26.4 Å². The zero-order chi connectivity index (χ0) is 15.3. The molecule has 1 aromatic rings. The smallest absolute Gasteiger partial charge is 0.373 e. The molecule has 0 bridgehead atoms.